The molecule has 0 amide bonds. The number of pyridine rings is 2. The van der Waals surface area contributed by atoms with Gasteiger partial charge in [0.2, 0.25) is 0 Å². The van der Waals surface area contributed by atoms with E-state index < -0.39 is 0 Å². The molecule has 0 aliphatic rings. The molecule has 11 rings (SSSR count). The van der Waals surface area contributed by atoms with Crippen LogP contribution in [0.3, 0.4) is 0 Å². The number of hydrogen-bond donors (Lipinski definition) is 0. The van der Waals surface area contributed by atoms with Crippen molar-refractivity contribution in [3.05, 3.63) is 254 Å². The van der Waals surface area contributed by atoms with Crippen molar-refractivity contribution < 1.29 is 0 Å². The summed E-state index contributed by atoms with van der Waals surface area (Å²) in [6, 6.07) is 82.4. The lowest BCUT2D eigenvalue weighted by Gasteiger charge is -2.28. The summed E-state index contributed by atoms with van der Waals surface area (Å²) in [4.78, 5) is 12.5. The molecule has 4 heteroatoms. The molecule has 0 saturated heterocycles. The highest BCUT2D eigenvalue weighted by Crippen LogP contribution is 2.47. The van der Waals surface area contributed by atoms with Crippen LogP contribution in [0.25, 0.3) is 83.7 Å². The van der Waals surface area contributed by atoms with Crippen molar-refractivity contribution in [2.24, 2.45) is 0 Å². The quantitative estimate of drug-likeness (QED) is 0.137. The highest BCUT2D eigenvalue weighted by atomic mass is 15.2. The topological polar surface area (TPSA) is 34.0 Å². The molecule has 11 aromatic rings. The van der Waals surface area contributed by atoms with Gasteiger partial charge in [-0.15, -0.1) is 0 Å². The summed E-state index contributed by atoms with van der Waals surface area (Å²) in [6.07, 6.45) is 3.91. The van der Waals surface area contributed by atoms with Crippen molar-refractivity contribution in [2.75, 3.05) is 4.90 Å². The average molecular weight is 847 g/mol. The first kappa shape index (κ1) is 40.2. The Balaban J connectivity index is 1.12. The summed E-state index contributed by atoms with van der Waals surface area (Å²) in [6.45, 7) is 4.27. The zero-order valence-corrected chi connectivity index (χ0v) is 36.9. The van der Waals surface area contributed by atoms with Gasteiger partial charge in [-0.3, -0.25) is 9.55 Å². The van der Waals surface area contributed by atoms with Gasteiger partial charge in [0.05, 0.1) is 22.6 Å². The third kappa shape index (κ3) is 7.65. The van der Waals surface area contributed by atoms with Crippen molar-refractivity contribution in [1.82, 2.24) is 14.5 Å². The molecular weight excluding hydrogens is 801 g/mol. The van der Waals surface area contributed by atoms with Crippen LogP contribution in [-0.2, 0) is 0 Å². The van der Waals surface area contributed by atoms with Gasteiger partial charge in [-0.1, -0.05) is 182 Å². The number of rotatable bonds is 10. The van der Waals surface area contributed by atoms with E-state index in [0.29, 0.717) is 0 Å². The Hall–Kier alpha value is -8.60. The maximum absolute atomic E-state index is 5.05. The van der Waals surface area contributed by atoms with Gasteiger partial charge in [0.15, 0.2) is 0 Å². The van der Waals surface area contributed by atoms with E-state index in [0.717, 1.165) is 95.2 Å². The Bertz CT molecular complexity index is 3470. The van der Waals surface area contributed by atoms with Gasteiger partial charge >= 0.3 is 0 Å². The Kier molecular flexibility index (Phi) is 10.7. The average Bonchev–Trinajstić information content (AvgIpc) is 3.73. The molecule has 314 valence electrons. The van der Waals surface area contributed by atoms with Gasteiger partial charge in [0, 0.05) is 45.8 Å². The van der Waals surface area contributed by atoms with Crippen molar-refractivity contribution >= 4 is 28.0 Å². The van der Waals surface area contributed by atoms with Crippen LogP contribution in [0.5, 0.6) is 0 Å². The normalized spacial score (nSPS) is 11.2. The molecule has 0 fully saturated rings. The molecule has 0 N–H and O–H groups in total. The largest absolute Gasteiger partial charge is 0.310 e. The SMILES string of the molecule is Cc1ccnc(-n2c(-c3ccccc3)c(-c3ccccc3)c3ccc(N(c4cccc(-c5cc(-c6ccc(-c7ccccc7)cc6)c(C)cn5)c4)c4ccccc4-c4ccccc4)cc32)c1. The lowest BCUT2D eigenvalue weighted by Crippen LogP contribution is -2.11. The second-order valence-corrected chi connectivity index (χ2v) is 16.8. The summed E-state index contributed by atoms with van der Waals surface area (Å²) in [7, 11) is 0. The van der Waals surface area contributed by atoms with Crippen LogP contribution in [0.2, 0.25) is 0 Å². The number of fused-ring (bicyclic) bond motifs is 1. The van der Waals surface area contributed by atoms with Crippen LogP contribution in [0, 0.1) is 13.8 Å². The first-order chi connectivity index (χ1) is 32.6. The van der Waals surface area contributed by atoms with Gasteiger partial charge in [0.1, 0.15) is 5.82 Å². The number of para-hydroxylation sites is 1. The van der Waals surface area contributed by atoms with E-state index in [1.54, 1.807) is 0 Å². The van der Waals surface area contributed by atoms with E-state index in [1.165, 1.54) is 16.7 Å². The lowest BCUT2D eigenvalue weighted by molar-refractivity contribution is 1.04. The van der Waals surface area contributed by atoms with Gasteiger partial charge in [0.25, 0.3) is 0 Å². The summed E-state index contributed by atoms with van der Waals surface area (Å²) in [5.41, 5.74) is 19.9. The van der Waals surface area contributed by atoms with Crippen LogP contribution in [0.1, 0.15) is 11.1 Å². The first-order valence-electron chi connectivity index (χ1n) is 22.5. The third-order valence-electron chi connectivity index (χ3n) is 12.5. The molecule has 3 heterocycles. The van der Waals surface area contributed by atoms with E-state index in [1.807, 2.05) is 12.4 Å². The summed E-state index contributed by atoms with van der Waals surface area (Å²) >= 11 is 0. The highest BCUT2D eigenvalue weighted by molar-refractivity contribution is 6.07. The number of hydrogen-bond acceptors (Lipinski definition) is 3. The molecule has 0 unspecified atom stereocenters. The highest BCUT2D eigenvalue weighted by Gasteiger charge is 2.25. The minimum atomic E-state index is 0.868. The second kappa shape index (κ2) is 17.5. The minimum absolute atomic E-state index is 0.868. The van der Waals surface area contributed by atoms with Crippen LogP contribution < -0.4 is 4.90 Å². The number of aromatic nitrogens is 3. The number of aryl methyl sites for hydroxylation is 2. The smallest absolute Gasteiger partial charge is 0.137 e. The summed E-state index contributed by atoms with van der Waals surface area (Å²) in [5.74, 6) is 0.868. The fourth-order valence-corrected chi connectivity index (χ4v) is 9.29. The number of benzene rings is 8. The molecule has 66 heavy (non-hydrogen) atoms. The maximum Gasteiger partial charge on any atom is 0.137 e. The standard InChI is InChI=1S/C62H46N4/c1-43-36-37-63-60(38-43)66-59-40-53(34-35-55(59)61(49-22-11-5-12-23-49)62(66)50-24-13-6-14-25-50)65(58-29-16-15-28-54(58)47-20-9-4-10-21-47)52-27-17-26-51(39-52)57-41-56(44(2)42-64-57)48-32-30-46(31-33-48)45-18-7-3-8-19-45/h3-42H,1-2H3. The predicted molar refractivity (Wildman–Crippen MR) is 276 cm³/mol. The van der Waals surface area contributed by atoms with Gasteiger partial charge < -0.3 is 4.90 Å². The zero-order chi connectivity index (χ0) is 44.4. The number of nitrogens with zero attached hydrogens (tertiary/aromatic N) is 4. The van der Waals surface area contributed by atoms with E-state index in [-0.39, 0.29) is 0 Å². The molecular formula is C62H46N4. The molecule has 0 radical (unpaired) electrons. The van der Waals surface area contributed by atoms with E-state index in [4.69, 9.17) is 9.97 Å². The van der Waals surface area contributed by atoms with E-state index in [2.05, 4.69) is 254 Å². The summed E-state index contributed by atoms with van der Waals surface area (Å²) in [5, 5.41) is 1.14. The fourth-order valence-electron chi connectivity index (χ4n) is 9.29. The van der Waals surface area contributed by atoms with E-state index >= 15 is 0 Å². The van der Waals surface area contributed by atoms with Gasteiger partial charge in [-0.05, 0) is 112 Å². The Labute approximate surface area is 386 Å². The van der Waals surface area contributed by atoms with Crippen LogP contribution in [-0.4, -0.2) is 14.5 Å². The first-order valence-corrected chi connectivity index (χ1v) is 22.5. The fraction of sp³-hybridized carbons (Fsp3) is 0.0323. The molecule has 8 aromatic carbocycles. The minimum Gasteiger partial charge on any atom is -0.310 e. The molecule has 0 atom stereocenters. The molecule has 0 aliphatic carbocycles. The zero-order valence-electron chi connectivity index (χ0n) is 36.9. The molecule has 4 nitrogen and oxygen atoms in total. The van der Waals surface area contributed by atoms with Crippen molar-refractivity contribution in [3.63, 3.8) is 0 Å². The summed E-state index contributed by atoms with van der Waals surface area (Å²) < 4.78 is 2.35. The predicted octanol–water partition coefficient (Wildman–Crippen LogP) is 16.5. The molecule has 0 saturated carbocycles. The molecule has 3 aromatic heterocycles. The lowest BCUT2D eigenvalue weighted by atomic mass is 9.96. The molecule has 0 spiro atoms. The van der Waals surface area contributed by atoms with Crippen LogP contribution in [0.15, 0.2) is 243 Å². The second-order valence-electron chi connectivity index (χ2n) is 16.8. The third-order valence-corrected chi connectivity index (χ3v) is 12.5. The van der Waals surface area contributed by atoms with E-state index in [9.17, 15) is 0 Å². The number of anilines is 3. The van der Waals surface area contributed by atoms with Gasteiger partial charge in [-0.2, -0.15) is 0 Å². The van der Waals surface area contributed by atoms with Crippen molar-refractivity contribution in [2.45, 2.75) is 13.8 Å². The molecule has 0 bridgehead atoms. The van der Waals surface area contributed by atoms with Crippen molar-refractivity contribution in [1.29, 1.82) is 0 Å². The monoisotopic (exact) mass is 846 g/mol. The van der Waals surface area contributed by atoms with Crippen LogP contribution in [0.4, 0.5) is 17.1 Å². The van der Waals surface area contributed by atoms with Crippen LogP contribution >= 0.6 is 0 Å². The van der Waals surface area contributed by atoms with Gasteiger partial charge in [-0.25, -0.2) is 4.98 Å². The Morgan fingerprint density at radius 1 is 0.409 bits per heavy atom. The maximum atomic E-state index is 5.05. The molecule has 0 aliphatic heterocycles. The Morgan fingerprint density at radius 2 is 0.985 bits per heavy atom. The Morgan fingerprint density at radius 3 is 1.70 bits per heavy atom. The van der Waals surface area contributed by atoms with Crippen molar-refractivity contribution in [3.8, 4) is 72.8 Å².